The van der Waals surface area contributed by atoms with Gasteiger partial charge in [0, 0.05) is 39.4 Å². The minimum Gasteiger partial charge on any atom is -0.385 e. The summed E-state index contributed by atoms with van der Waals surface area (Å²) in [4.78, 5) is 4.77. The van der Waals surface area contributed by atoms with Crippen molar-refractivity contribution >= 4 is 17.3 Å². The van der Waals surface area contributed by atoms with E-state index in [1.807, 2.05) is 0 Å². The van der Waals surface area contributed by atoms with E-state index < -0.39 is 0 Å². The van der Waals surface area contributed by atoms with Gasteiger partial charge in [-0.1, -0.05) is 6.92 Å². The first-order chi connectivity index (χ1) is 8.69. The molecule has 0 amide bonds. The van der Waals surface area contributed by atoms with Crippen molar-refractivity contribution in [3.63, 3.8) is 0 Å². The molecule has 1 unspecified atom stereocenters. The average Bonchev–Trinajstić information content (AvgIpc) is 2.55. The Bertz CT molecular complexity index is 250. The minimum absolute atomic E-state index is 0.542. The molecule has 0 spiro atoms. The van der Waals surface area contributed by atoms with Crippen LogP contribution in [0.2, 0.25) is 0 Å². The molecule has 0 radical (unpaired) electrons. The molecule has 1 rings (SSSR count). The Hall–Kier alpha value is -0.390. The van der Waals surface area contributed by atoms with E-state index in [4.69, 9.17) is 17.0 Å². The van der Waals surface area contributed by atoms with Gasteiger partial charge in [-0.05, 0) is 45.1 Å². The molecule has 0 bridgehead atoms. The molecule has 0 aromatic carbocycles. The molecule has 0 aliphatic carbocycles. The van der Waals surface area contributed by atoms with Crippen LogP contribution in [0, 0.1) is 0 Å². The largest absolute Gasteiger partial charge is 0.385 e. The zero-order valence-corrected chi connectivity index (χ0v) is 12.8. The number of hydrogen-bond acceptors (Lipinski definition) is 3. The Morgan fingerprint density at radius 1 is 1.44 bits per heavy atom. The lowest BCUT2D eigenvalue weighted by Crippen LogP contribution is -2.48. The third-order valence-corrected chi connectivity index (χ3v) is 3.81. The Balaban J connectivity index is 2.42. The van der Waals surface area contributed by atoms with Gasteiger partial charge in [0.2, 0.25) is 0 Å². The van der Waals surface area contributed by atoms with Crippen LogP contribution in [0.25, 0.3) is 0 Å². The Morgan fingerprint density at radius 3 is 2.89 bits per heavy atom. The monoisotopic (exact) mass is 273 g/mol. The van der Waals surface area contributed by atoms with Crippen molar-refractivity contribution < 1.29 is 4.74 Å². The molecule has 1 heterocycles. The minimum atomic E-state index is 0.542. The van der Waals surface area contributed by atoms with E-state index in [0.717, 1.165) is 44.2 Å². The maximum Gasteiger partial charge on any atom is 0.169 e. The number of likely N-dealkylation sites (N-methyl/N-ethyl adjacent to an activating group) is 1. The summed E-state index contributed by atoms with van der Waals surface area (Å²) in [5, 5.41) is 4.26. The lowest BCUT2D eigenvalue weighted by molar-refractivity contribution is 0.195. The second kappa shape index (κ2) is 8.67. The Kier molecular flexibility index (Phi) is 7.54. The van der Waals surface area contributed by atoms with E-state index in [1.54, 1.807) is 7.11 Å². The molecule has 1 saturated heterocycles. The normalized spacial score (nSPS) is 21.7. The SMILES string of the molecule is CCC1CN(C)CCCN1C(=S)NCCCOC. The highest BCUT2D eigenvalue weighted by atomic mass is 32.1. The Labute approximate surface area is 117 Å². The van der Waals surface area contributed by atoms with Crippen LogP contribution in [-0.4, -0.2) is 67.9 Å². The van der Waals surface area contributed by atoms with Gasteiger partial charge in [0.15, 0.2) is 5.11 Å². The van der Waals surface area contributed by atoms with Crippen LogP contribution in [-0.2, 0) is 4.74 Å². The molecule has 18 heavy (non-hydrogen) atoms. The van der Waals surface area contributed by atoms with E-state index in [-0.39, 0.29) is 0 Å². The molecule has 5 heteroatoms. The van der Waals surface area contributed by atoms with Crippen molar-refractivity contribution in [3.8, 4) is 0 Å². The summed E-state index contributed by atoms with van der Waals surface area (Å²) in [6, 6.07) is 0.542. The maximum absolute atomic E-state index is 5.52. The lowest BCUT2D eigenvalue weighted by Gasteiger charge is -2.32. The fraction of sp³-hybridized carbons (Fsp3) is 0.923. The van der Waals surface area contributed by atoms with Crippen molar-refractivity contribution in [2.75, 3.05) is 46.9 Å². The quantitative estimate of drug-likeness (QED) is 0.602. The van der Waals surface area contributed by atoms with Crippen LogP contribution in [0.1, 0.15) is 26.2 Å². The number of rotatable bonds is 5. The van der Waals surface area contributed by atoms with Gasteiger partial charge in [-0.3, -0.25) is 0 Å². The van der Waals surface area contributed by atoms with Crippen LogP contribution in [0.15, 0.2) is 0 Å². The molecule has 1 fully saturated rings. The molecule has 106 valence electrons. The van der Waals surface area contributed by atoms with Crippen LogP contribution >= 0.6 is 12.2 Å². The summed E-state index contributed by atoms with van der Waals surface area (Å²) < 4.78 is 5.04. The zero-order chi connectivity index (χ0) is 13.4. The van der Waals surface area contributed by atoms with Gasteiger partial charge >= 0.3 is 0 Å². The van der Waals surface area contributed by atoms with Crippen molar-refractivity contribution in [2.45, 2.75) is 32.2 Å². The average molecular weight is 273 g/mol. The predicted octanol–water partition coefficient (Wildman–Crippen LogP) is 1.31. The van der Waals surface area contributed by atoms with Crippen molar-refractivity contribution in [1.29, 1.82) is 0 Å². The van der Waals surface area contributed by atoms with E-state index in [0.29, 0.717) is 6.04 Å². The highest BCUT2D eigenvalue weighted by molar-refractivity contribution is 7.80. The summed E-state index contributed by atoms with van der Waals surface area (Å²) in [6.45, 7) is 7.27. The number of nitrogens with zero attached hydrogens (tertiary/aromatic N) is 2. The first-order valence-electron chi connectivity index (χ1n) is 6.91. The highest BCUT2D eigenvalue weighted by Crippen LogP contribution is 2.12. The van der Waals surface area contributed by atoms with Gasteiger partial charge in [0.05, 0.1) is 0 Å². The number of thiocarbonyl (C=S) groups is 1. The predicted molar refractivity (Wildman–Crippen MR) is 80.0 cm³/mol. The molecule has 1 aliphatic rings. The van der Waals surface area contributed by atoms with Gasteiger partial charge < -0.3 is 19.9 Å². The fourth-order valence-corrected chi connectivity index (χ4v) is 2.72. The van der Waals surface area contributed by atoms with Crippen LogP contribution in [0.3, 0.4) is 0 Å². The topological polar surface area (TPSA) is 27.7 Å². The molecular formula is C13H27N3OS. The van der Waals surface area contributed by atoms with E-state index in [2.05, 4.69) is 29.1 Å². The molecule has 4 nitrogen and oxygen atoms in total. The summed E-state index contributed by atoms with van der Waals surface area (Å²) in [6.07, 6.45) is 3.33. The summed E-state index contributed by atoms with van der Waals surface area (Å²) in [5.74, 6) is 0. The lowest BCUT2D eigenvalue weighted by atomic mass is 10.2. The van der Waals surface area contributed by atoms with Gasteiger partial charge in [-0.25, -0.2) is 0 Å². The van der Waals surface area contributed by atoms with Crippen LogP contribution < -0.4 is 5.32 Å². The highest BCUT2D eigenvalue weighted by Gasteiger charge is 2.23. The van der Waals surface area contributed by atoms with E-state index in [9.17, 15) is 0 Å². The van der Waals surface area contributed by atoms with Gasteiger partial charge in [-0.2, -0.15) is 0 Å². The van der Waals surface area contributed by atoms with Crippen molar-refractivity contribution in [1.82, 2.24) is 15.1 Å². The van der Waals surface area contributed by atoms with Gasteiger partial charge in [0.1, 0.15) is 0 Å². The third-order valence-electron chi connectivity index (χ3n) is 3.44. The smallest absolute Gasteiger partial charge is 0.169 e. The summed E-state index contributed by atoms with van der Waals surface area (Å²) in [5.41, 5.74) is 0. The second-order valence-electron chi connectivity index (χ2n) is 4.95. The van der Waals surface area contributed by atoms with E-state index >= 15 is 0 Å². The second-order valence-corrected chi connectivity index (χ2v) is 5.34. The first-order valence-corrected chi connectivity index (χ1v) is 7.31. The Morgan fingerprint density at radius 2 is 2.22 bits per heavy atom. The molecule has 1 aliphatic heterocycles. The van der Waals surface area contributed by atoms with Crippen molar-refractivity contribution in [3.05, 3.63) is 0 Å². The zero-order valence-electron chi connectivity index (χ0n) is 11.9. The van der Waals surface area contributed by atoms with Crippen LogP contribution in [0.5, 0.6) is 0 Å². The molecule has 0 aromatic heterocycles. The first kappa shape index (κ1) is 15.7. The number of hydrogen-bond donors (Lipinski definition) is 1. The number of ether oxygens (including phenoxy) is 1. The molecule has 0 saturated carbocycles. The molecule has 1 N–H and O–H groups in total. The number of methoxy groups -OCH3 is 1. The van der Waals surface area contributed by atoms with E-state index in [1.165, 1.54) is 13.0 Å². The van der Waals surface area contributed by atoms with Gasteiger partial charge in [0.25, 0.3) is 0 Å². The fourth-order valence-electron chi connectivity index (χ4n) is 2.37. The summed E-state index contributed by atoms with van der Waals surface area (Å²) >= 11 is 5.52. The van der Waals surface area contributed by atoms with Crippen LogP contribution in [0.4, 0.5) is 0 Å². The van der Waals surface area contributed by atoms with Crippen molar-refractivity contribution in [2.24, 2.45) is 0 Å². The molecular weight excluding hydrogens is 246 g/mol. The third kappa shape index (κ3) is 5.08. The maximum atomic E-state index is 5.52. The number of nitrogens with one attached hydrogen (secondary N) is 1. The standard InChI is InChI=1S/C13H27N3OS/c1-4-12-11-15(2)8-6-9-16(12)13(18)14-7-5-10-17-3/h12H,4-11H2,1-3H3,(H,14,18). The summed E-state index contributed by atoms with van der Waals surface area (Å²) in [7, 11) is 3.93. The van der Waals surface area contributed by atoms with Gasteiger partial charge in [-0.15, -0.1) is 0 Å². The molecule has 1 atom stereocenters. The molecule has 0 aromatic rings.